The van der Waals surface area contributed by atoms with Gasteiger partial charge < -0.3 is 10.6 Å². The van der Waals surface area contributed by atoms with Crippen LogP contribution in [0.3, 0.4) is 0 Å². The van der Waals surface area contributed by atoms with Gasteiger partial charge in [0.05, 0.1) is 5.54 Å². The molecular weight excluding hydrogens is 568 g/mol. The lowest BCUT2D eigenvalue weighted by atomic mass is 9.63. The molecule has 1 atom stereocenters. The number of unbranched alkanes of at least 4 members (excludes halogenated alkanes) is 1. The highest BCUT2D eigenvalue weighted by molar-refractivity contribution is 6.30. The maximum Gasteiger partial charge on any atom is 0.0580 e. The second-order valence-electron chi connectivity index (χ2n) is 13.8. The van der Waals surface area contributed by atoms with Crippen molar-refractivity contribution in [2.45, 2.75) is 128 Å². The quantitative estimate of drug-likeness (QED) is 0.226. The number of nitrogens with one attached hydrogen (secondary N) is 2. The highest BCUT2D eigenvalue weighted by Gasteiger charge is 2.47. The number of benzene rings is 2. The normalized spacial score (nSPS) is 25.8. The largest absolute Gasteiger partial charge is 0.384 e. The fraction of sp³-hybridized carbons (Fsp3) is 0.476. The number of hydrogen-bond acceptors (Lipinski definition) is 2. The first-order chi connectivity index (χ1) is 21.8. The summed E-state index contributed by atoms with van der Waals surface area (Å²) in [5.74, 6) is 0. The van der Waals surface area contributed by atoms with Crippen LogP contribution in [0, 0.1) is 0 Å². The van der Waals surface area contributed by atoms with E-state index in [2.05, 4.69) is 99.7 Å². The first-order valence-electron chi connectivity index (χ1n) is 17.6. The summed E-state index contributed by atoms with van der Waals surface area (Å²) < 4.78 is 0. The van der Waals surface area contributed by atoms with Crippen molar-refractivity contribution in [2.24, 2.45) is 0 Å². The average molecular weight is 623 g/mol. The van der Waals surface area contributed by atoms with Crippen molar-refractivity contribution in [1.29, 1.82) is 0 Å². The van der Waals surface area contributed by atoms with Gasteiger partial charge in [-0.05, 0) is 161 Å². The van der Waals surface area contributed by atoms with Gasteiger partial charge in [0.25, 0.3) is 0 Å². The summed E-state index contributed by atoms with van der Waals surface area (Å²) in [5, 5.41) is 8.08. The number of anilines is 1. The molecule has 2 N–H and O–H groups in total. The molecular formula is C42H55ClN2. The predicted octanol–water partition coefficient (Wildman–Crippen LogP) is 12.0. The van der Waals surface area contributed by atoms with Crippen LogP contribution in [0.1, 0.15) is 121 Å². The summed E-state index contributed by atoms with van der Waals surface area (Å²) in [4.78, 5) is 0. The van der Waals surface area contributed by atoms with Crippen molar-refractivity contribution in [3.05, 3.63) is 118 Å². The van der Waals surface area contributed by atoms with Crippen LogP contribution >= 0.6 is 11.6 Å². The Morgan fingerprint density at radius 1 is 1.04 bits per heavy atom. The zero-order valence-electron chi connectivity index (χ0n) is 28.3. The maximum absolute atomic E-state index is 6.25. The summed E-state index contributed by atoms with van der Waals surface area (Å²) in [7, 11) is 0. The lowest BCUT2D eigenvalue weighted by Crippen LogP contribution is -2.46. The smallest absolute Gasteiger partial charge is 0.0580 e. The molecule has 0 radical (unpaired) electrons. The van der Waals surface area contributed by atoms with Crippen molar-refractivity contribution in [3.8, 4) is 0 Å². The molecule has 2 aromatic carbocycles. The molecule has 45 heavy (non-hydrogen) atoms. The molecule has 1 spiro atoms. The molecule has 1 heterocycles. The zero-order valence-corrected chi connectivity index (χ0v) is 29.0. The molecule has 2 fully saturated rings. The molecule has 0 aromatic heterocycles. The Morgan fingerprint density at radius 3 is 2.58 bits per heavy atom. The minimum Gasteiger partial charge on any atom is -0.384 e. The standard InChI is InChI=1S/C29H34ClN.C13H21N/c1-5-8-22(6-2)24-12-11-23-13-14-28(27(23)19-24)15-17-29(18-16-28,21(3)4)31-26-10-7-9-25(30)20-26;1-2-3-6-11-9-10-14-13-8-5-4-7-12(11)13/h5-12,19-20,31H,3,13-18H2,1-2,4H3;9-10,13-14H,2-8H2,1H3/b8-5-,22-6+;. The Morgan fingerprint density at radius 2 is 1.87 bits per heavy atom. The van der Waals surface area contributed by atoms with Crippen molar-refractivity contribution in [1.82, 2.24) is 5.32 Å². The maximum atomic E-state index is 6.25. The van der Waals surface area contributed by atoms with Crippen molar-refractivity contribution in [2.75, 3.05) is 5.32 Å². The van der Waals surface area contributed by atoms with Crippen molar-refractivity contribution in [3.63, 3.8) is 0 Å². The summed E-state index contributed by atoms with van der Waals surface area (Å²) in [5.41, 5.74) is 11.7. The van der Waals surface area contributed by atoms with Crippen LogP contribution in [0.15, 0.2) is 96.3 Å². The monoisotopic (exact) mass is 622 g/mol. The second kappa shape index (κ2) is 15.1. The third-order valence-corrected chi connectivity index (χ3v) is 11.3. The van der Waals surface area contributed by atoms with Gasteiger partial charge in [-0.1, -0.05) is 86.0 Å². The number of hydrogen-bond donors (Lipinski definition) is 2. The third-order valence-electron chi connectivity index (χ3n) is 11.0. The van der Waals surface area contributed by atoms with Crippen LogP contribution in [0.5, 0.6) is 0 Å². The third kappa shape index (κ3) is 7.54. The van der Waals surface area contributed by atoms with E-state index in [-0.39, 0.29) is 5.54 Å². The Labute approximate surface area is 278 Å². The van der Waals surface area contributed by atoms with E-state index in [9.17, 15) is 0 Å². The summed E-state index contributed by atoms with van der Waals surface area (Å²) in [6, 6.07) is 15.9. The van der Waals surface area contributed by atoms with E-state index in [4.69, 9.17) is 11.6 Å². The predicted molar refractivity (Wildman–Crippen MR) is 197 cm³/mol. The summed E-state index contributed by atoms with van der Waals surface area (Å²) >= 11 is 6.25. The summed E-state index contributed by atoms with van der Waals surface area (Å²) in [6.45, 7) is 13.0. The minimum absolute atomic E-state index is 0.0598. The average Bonchev–Trinajstić information content (AvgIpc) is 3.41. The molecule has 4 aliphatic rings. The number of dihydropyridines is 1. The number of allylic oxidation sites excluding steroid dienone is 6. The summed E-state index contributed by atoms with van der Waals surface area (Å²) in [6.07, 6.45) is 27.5. The number of rotatable bonds is 8. The molecule has 6 rings (SSSR count). The molecule has 3 heteroatoms. The Kier molecular flexibility index (Phi) is 11.2. The van der Waals surface area contributed by atoms with E-state index in [1.807, 2.05) is 18.2 Å². The molecule has 0 bridgehead atoms. The molecule has 0 saturated heterocycles. The molecule has 2 aromatic rings. The van der Waals surface area contributed by atoms with Gasteiger partial charge in [0.15, 0.2) is 0 Å². The van der Waals surface area contributed by atoms with E-state index in [1.165, 1.54) is 87.3 Å². The fourth-order valence-electron chi connectivity index (χ4n) is 8.25. The number of fused-ring (bicyclic) bond motifs is 3. The van der Waals surface area contributed by atoms with Crippen LogP contribution in [0.2, 0.25) is 5.02 Å². The fourth-order valence-corrected chi connectivity index (χ4v) is 8.44. The van der Waals surface area contributed by atoms with Gasteiger partial charge in [-0.2, -0.15) is 0 Å². The van der Waals surface area contributed by atoms with E-state index in [0.717, 1.165) is 23.6 Å². The lowest BCUT2D eigenvalue weighted by molar-refractivity contribution is 0.235. The molecule has 0 amide bonds. The van der Waals surface area contributed by atoms with Gasteiger partial charge in [-0.3, -0.25) is 0 Å². The van der Waals surface area contributed by atoms with Gasteiger partial charge in [0.1, 0.15) is 0 Å². The highest BCUT2D eigenvalue weighted by atomic mass is 35.5. The molecule has 240 valence electrons. The Balaban J connectivity index is 0.000000238. The van der Waals surface area contributed by atoms with E-state index < -0.39 is 0 Å². The second-order valence-corrected chi connectivity index (χ2v) is 14.3. The van der Waals surface area contributed by atoms with Gasteiger partial charge in [0.2, 0.25) is 0 Å². The Bertz CT molecular complexity index is 1460. The van der Waals surface area contributed by atoms with Crippen molar-refractivity contribution < 1.29 is 0 Å². The van der Waals surface area contributed by atoms with Crippen LogP contribution in [-0.4, -0.2) is 11.6 Å². The molecule has 2 saturated carbocycles. The van der Waals surface area contributed by atoms with Gasteiger partial charge >= 0.3 is 0 Å². The van der Waals surface area contributed by atoms with Crippen LogP contribution < -0.4 is 10.6 Å². The Hall–Kier alpha value is -2.97. The number of halogens is 1. The SMILES string of the molecule is C=C(C)C1(Nc2cccc(Cl)c2)CCC2(CCc3ccc(C(/C=C\C)=C/C)cc32)CC1.CCCCC1=C2CCCCC2NC=C1. The van der Waals surface area contributed by atoms with Crippen LogP contribution in [0.4, 0.5) is 5.69 Å². The van der Waals surface area contributed by atoms with Gasteiger partial charge in [-0.15, -0.1) is 0 Å². The van der Waals surface area contributed by atoms with Crippen LogP contribution in [0.25, 0.3) is 5.57 Å². The van der Waals surface area contributed by atoms with Crippen molar-refractivity contribution >= 4 is 22.9 Å². The number of aryl methyl sites for hydroxylation is 1. The minimum atomic E-state index is -0.0598. The van der Waals surface area contributed by atoms with Crippen LogP contribution in [-0.2, 0) is 11.8 Å². The lowest BCUT2D eigenvalue weighted by Gasteiger charge is -2.47. The van der Waals surface area contributed by atoms with Gasteiger partial charge in [0, 0.05) is 16.8 Å². The highest BCUT2D eigenvalue weighted by Crippen LogP contribution is 2.53. The topological polar surface area (TPSA) is 24.1 Å². The molecule has 1 unspecified atom stereocenters. The molecule has 3 aliphatic carbocycles. The zero-order chi connectivity index (χ0) is 31.9. The first kappa shape index (κ1) is 33.4. The van der Waals surface area contributed by atoms with E-state index in [1.54, 1.807) is 22.3 Å². The van der Waals surface area contributed by atoms with Gasteiger partial charge in [-0.25, -0.2) is 0 Å². The molecule has 2 nitrogen and oxygen atoms in total. The van der Waals surface area contributed by atoms with E-state index >= 15 is 0 Å². The van der Waals surface area contributed by atoms with E-state index in [0.29, 0.717) is 11.5 Å². The molecule has 1 aliphatic heterocycles. The first-order valence-corrected chi connectivity index (χ1v) is 18.0.